The van der Waals surface area contributed by atoms with E-state index in [0.717, 1.165) is 41.9 Å². The number of benzene rings is 2. The highest BCUT2D eigenvalue weighted by Gasteiger charge is 2.29. The molecule has 2 nitrogen and oxygen atoms in total. The van der Waals surface area contributed by atoms with E-state index in [9.17, 15) is 18.0 Å². The number of ketones is 1. The Morgan fingerprint density at radius 3 is 2.56 bits per heavy atom. The molecule has 0 radical (unpaired) electrons. The molecule has 0 amide bonds. The maximum atomic E-state index is 12.5. The highest BCUT2D eigenvalue weighted by atomic mass is 19.4. The van der Waals surface area contributed by atoms with Crippen LogP contribution in [0.25, 0.3) is 0 Å². The first-order chi connectivity index (χ1) is 11.9. The number of ether oxygens (including phenoxy) is 1. The number of halogens is 3. The fourth-order valence-corrected chi connectivity index (χ4v) is 2.99. The number of carbonyl (C=O) groups excluding carboxylic acids is 1. The molecule has 0 bridgehead atoms. The summed E-state index contributed by atoms with van der Waals surface area (Å²) in [5.41, 5.74) is 1.90. The van der Waals surface area contributed by atoms with Crippen LogP contribution in [0.2, 0.25) is 0 Å². The van der Waals surface area contributed by atoms with Gasteiger partial charge in [0, 0.05) is 12.0 Å². The zero-order valence-corrected chi connectivity index (χ0v) is 13.7. The van der Waals surface area contributed by atoms with E-state index in [1.165, 1.54) is 12.1 Å². The van der Waals surface area contributed by atoms with Crippen molar-refractivity contribution in [3.63, 3.8) is 0 Å². The predicted molar refractivity (Wildman–Crippen MR) is 89.0 cm³/mol. The largest absolute Gasteiger partial charge is 0.493 e. The van der Waals surface area contributed by atoms with Crippen molar-refractivity contribution in [1.82, 2.24) is 0 Å². The Balaban J connectivity index is 1.54. The van der Waals surface area contributed by atoms with E-state index in [1.54, 1.807) is 6.07 Å². The lowest BCUT2D eigenvalue weighted by Crippen LogP contribution is -2.10. The van der Waals surface area contributed by atoms with Crippen molar-refractivity contribution < 1.29 is 22.7 Å². The van der Waals surface area contributed by atoms with Crippen LogP contribution in [0.1, 0.15) is 46.3 Å². The van der Waals surface area contributed by atoms with Gasteiger partial charge >= 0.3 is 6.18 Å². The summed E-state index contributed by atoms with van der Waals surface area (Å²) >= 11 is 0. The summed E-state index contributed by atoms with van der Waals surface area (Å²) in [6.45, 7) is 0.716. The lowest BCUT2D eigenvalue weighted by atomic mass is 9.98. The van der Waals surface area contributed by atoms with Crippen molar-refractivity contribution in [2.24, 2.45) is 0 Å². The van der Waals surface area contributed by atoms with E-state index >= 15 is 0 Å². The lowest BCUT2D eigenvalue weighted by molar-refractivity contribution is -0.137. The smallest absolute Gasteiger partial charge is 0.416 e. The zero-order valence-electron chi connectivity index (χ0n) is 13.7. The van der Waals surface area contributed by atoms with Crippen molar-refractivity contribution in [1.29, 1.82) is 0 Å². The van der Waals surface area contributed by atoms with E-state index in [2.05, 4.69) is 0 Å². The topological polar surface area (TPSA) is 26.3 Å². The maximum absolute atomic E-state index is 12.5. The van der Waals surface area contributed by atoms with Crippen molar-refractivity contribution in [2.75, 3.05) is 6.61 Å². The average Bonchev–Trinajstić information content (AvgIpc) is 2.61. The molecule has 0 N–H and O–H groups in total. The lowest BCUT2D eigenvalue weighted by Gasteiger charge is -2.17. The van der Waals surface area contributed by atoms with Gasteiger partial charge < -0.3 is 4.74 Å². The summed E-state index contributed by atoms with van der Waals surface area (Å²) in [6.07, 6.45) is -0.873. The van der Waals surface area contributed by atoms with Crippen LogP contribution in [0.15, 0.2) is 42.5 Å². The van der Waals surface area contributed by atoms with E-state index in [4.69, 9.17) is 4.74 Å². The van der Waals surface area contributed by atoms with E-state index < -0.39 is 11.7 Å². The second-order valence-electron chi connectivity index (χ2n) is 6.25. The minimum atomic E-state index is -4.31. The number of Topliss-reactive ketones (excluding diaryl/α,β-unsaturated/α-hetero) is 1. The highest BCUT2D eigenvalue weighted by molar-refractivity contribution is 5.96. The molecule has 0 unspecified atom stereocenters. The molecule has 0 saturated heterocycles. The van der Waals surface area contributed by atoms with Gasteiger partial charge in [-0.05, 0) is 67.1 Å². The standard InChI is InChI=1S/C20H19F3O2/c21-20(22,23)17-9-6-14(7-10-17)3-1-5-18(24)15-8-11-19-16(13-15)4-2-12-25-19/h6-11,13H,1-5,12H2. The summed E-state index contributed by atoms with van der Waals surface area (Å²) in [7, 11) is 0. The molecule has 1 aliphatic rings. The van der Waals surface area contributed by atoms with Gasteiger partial charge in [0.05, 0.1) is 12.2 Å². The monoisotopic (exact) mass is 348 g/mol. The average molecular weight is 348 g/mol. The van der Waals surface area contributed by atoms with Gasteiger partial charge in [-0.25, -0.2) is 0 Å². The first-order valence-corrected chi connectivity index (χ1v) is 8.38. The van der Waals surface area contributed by atoms with Crippen LogP contribution in [0.4, 0.5) is 13.2 Å². The zero-order chi connectivity index (χ0) is 17.9. The van der Waals surface area contributed by atoms with Gasteiger partial charge in [-0.2, -0.15) is 13.2 Å². The van der Waals surface area contributed by atoms with Crippen LogP contribution in [-0.2, 0) is 19.0 Å². The molecule has 0 spiro atoms. The Hall–Kier alpha value is -2.30. The van der Waals surface area contributed by atoms with Gasteiger partial charge in [-0.15, -0.1) is 0 Å². The van der Waals surface area contributed by atoms with E-state index in [-0.39, 0.29) is 5.78 Å². The van der Waals surface area contributed by atoms with Gasteiger partial charge in [-0.3, -0.25) is 4.79 Å². The summed E-state index contributed by atoms with van der Waals surface area (Å²) < 4.78 is 43.1. The molecule has 2 aromatic carbocycles. The number of fused-ring (bicyclic) bond motifs is 1. The molecule has 0 saturated carbocycles. The second kappa shape index (κ2) is 7.30. The van der Waals surface area contributed by atoms with Crippen LogP contribution in [0, 0.1) is 0 Å². The van der Waals surface area contributed by atoms with Crippen molar-refractivity contribution in [2.45, 2.75) is 38.3 Å². The molecular formula is C20H19F3O2. The van der Waals surface area contributed by atoms with Crippen LogP contribution < -0.4 is 4.74 Å². The molecule has 1 heterocycles. The Labute approximate surface area is 144 Å². The molecule has 0 aliphatic carbocycles. The van der Waals surface area contributed by atoms with E-state index in [0.29, 0.717) is 31.4 Å². The Morgan fingerprint density at radius 2 is 1.84 bits per heavy atom. The third-order valence-electron chi connectivity index (χ3n) is 4.38. The molecule has 2 aromatic rings. The summed E-state index contributed by atoms with van der Waals surface area (Å²) in [6, 6.07) is 10.6. The summed E-state index contributed by atoms with van der Waals surface area (Å²) in [5, 5.41) is 0. The first kappa shape index (κ1) is 17.5. The number of rotatable bonds is 5. The molecule has 0 fully saturated rings. The molecule has 132 valence electrons. The Bertz CT molecular complexity index is 749. The number of alkyl halides is 3. The predicted octanol–water partition coefficient (Wildman–Crippen LogP) is 5.24. The molecule has 3 rings (SSSR count). The Kier molecular flexibility index (Phi) is 5.11. The third kappa shape index (κ3) is 4.41. The Morgan fingerprint density at radius 1 is 1.08 bits per heavy atom. The highest BCUT2D eigenvalue weighted by Crippen LogP contribution is 2.29. The SMILES string of the molecule is O=C(CCCc1ccc(C(F)(F)F)cc1)c1ccc2c(c1)CCCO2. The summed E-state index contributed by atoms with van der Waals surface area (Å²) in [4.78, 5) is 12.3. The fraction of sp³-hybridized carbons (Fsp3) is 0.350. The minimum absolute atomic E-state index is 0.0558. The van der Waals surface area contributed by atoms with Crippen LogP contribution in [0.3, 0.4) is 0 Å². The third-order valence-corrected chi connectivity index (χ3v) is 4.38. The van der Waals surface area contributed by atoms with Gasteiger partial charge in [-0.1, -0.05) is 12.1 Å². The second-order valence-corrected chi connectivity index (χ2v) is 6.25. The fourth-order valence-electron chi connectivity index (χ4n) is 2.99. The van der Waals surface area contributed by atoms with Crippen LogP contribution in [0.5, 0.6) is 5.75 Å². The summed E-state index contributed by atoms with van der Waals surface area (Å²) in [5.74, 6) is 0.910. The quantitative estimate of drug-likeness (QED) is 0.691. The molecule has 0 aromatic heterocycles. The van der Waals surface area contributed by atoms with Crippen LogP contribution in [-0.4, -0.2) is 12.4 Å². The van der Waals surface area contributed by atoms with Crippen molar-refractivity contribution in [3.05, 3.63) is 64.7 Å². The van der Waals surface area contributed by atoms with E-state index in [1.807, 2.05) is 12.1 Å². The molecule has 25 heavy (non-hydrogen) atoms. The molecule has 0 atom stereocenters. The number of hydrogen-bond donors (Lipinski definition) is 0. The van der Waals surface area contributed by atoms with Crippen molar-refractivity contribution >= 4 is 5.78 Å². The van der Waals surface area contributed by atoms with Gasteiger partial charge in [0.2, 0.25) is 0 Å². The van der Waals surface area contributed by atoms with Crippen LogP contribution >= 0.6 is 0 Å². The van der Waals surface area contributed by atoms with Gasteiger partial charge in [0.1, 0.15) is 5.75 Å². The molecule has 5 heteroatoms. The number of hydrogen-bond acceptors (Lipinski definition) is 2. The minimum Gasteiger partial charge on any atom is -0.493 e. The normalized spacial score (nSPS) is 13.9. The molecule has 1 aliphatic heterocycles. The number of carbonyl (C=O) groups is 1. The maximum Gasteiger partial charge on any atom is 0.416 e. The van der Waals surface area contributed by atoms with Gasteiger partial charge in [0.25, 0.3) is 0 Å². The first-order valence-electron chi connectivity index (χ1n) is 8.38. The van der Waals surface area contributed by atoms with Gasteiger partial charge in [0.15, 0.2) is 5.78 Å². The number of aryl methyl sites for hydroxylation is 2. The molecular weight excluding hydrogens is 329 g/mol. The van der Waals surface area contributed by atoms with Crippen molar-refractivity contribution in [3.8, 4) is 5.75 Å².